The van der Waals surface area contributed by atoms with Gasteiger partial charge in [-0.15, -0.1) is 10.2 Å². The molecule has 5 rings (SSSR count). The van der Waals surface area contributed by atoms with E-state index in [1.807, 2.05) is 45.2 Å². The molecule has 0 amide bonds. The molecule has 35 heavy (non-hydrogen) atoms. The van der Waals surface area contributed by atoms with Crippen LogP contribution in [0.1, 0.15) is 58.8 Å². The zero-order chi connectivity index (χ0) is 24.7. The minimum atomic E-state index is -0.421. The van der Waals surface area contributed by atoms with E-state index in [4.69, 9.17) is 4.74 Å². The third-order valence-corrected chi connectivity index (χ3v) is 7.73. The molecule has 0 saturated carbocycles. The molecule has 2 atom stereocenters. The van der Waals surface area contributed by atoms with Crippen LogP contribution in [0.15, 0.2) is 35.6 Å². The summed E-state index contributed by atoms with van der Waals surface area (Å²) in [6, 6.07) is 8.10. The van der Waals surface area contributed by atoms with Gasteiger partial charge in [-0.05, 0) is 52.2 Å². The molecule has 0 aliphatic carbocycles. The number of Topliss-reactive ketones (excluding diaryl/α,β-unsaturated/α-hetero) is 2. The van der Waals surface area contributed by atoms with Gasteiger partial charge >= 0.3 is 0 Å². The molecule has 8 nitrogen and oxygen atoms in total. The number of carbonyl (C=O) groups excluding carboxylic acids is 2. The van der Waals surface area contributed by atoms with E-state index >= 15 is 0 Å². The lowest BCUT2D eigenvalue weighted by molar-refractivity contribution is 0.0953. The molecule has 2 unspecified atom stereocenters. The Bertz CT molecular complexity index is 1410. The number of nitrogens with zero attached hydrogens (tertiary/aromatic N) is 3. The van der Waals surface area contributed by atoms with E-state index in [9.17, 15) is 9.59 Å². The molecule has 0 bridgehead atoms. The molecule has 0 radical (unpaired) electrons. The molecule has 1 fully saturated rings. The number of ketones is 2. The van der Waals surface area contributed by atoms with Crippen molar-refractivity contribution in [2.24, 2.45) is 0 Å². The summed E-state index contributed by atoms with van der Waals surface area (Å²) < 4.78 is 8.00. The standard InChI is InChI=1S/C26H29N5O3S/c1-14-22(16(3)32)15(2)28-23(14)24(33)17(4)35-26-30-29-25(31(26)13-18-8-7-11-34-18)20-12-27-21-10-6-5-9-19(20)21/h5-6,9-10,12,17-18,27-28H,7-8,11,13H2,1-4H3. The Labute approximate surface area is 207 Å². The van der Waals surface area contributed by atoms with Crippen LogP contribution in [-0.2, 0) is 11.3 Å². The summed E-state index contributed by atoms with van der Waals surface area (Å²) in [5.41, 5.74) is 4.50. The molecule has 182 valence electrons. The largest absolute Gasteiger partial charge is 0.376 e. The average Bonchev–Trinajstić information content (AvgIpc) is 3.61. The quantitative estimate of drug-likeness (QED) is 0.262. The maximum atomic E-state index is 13.4. The normalized spacial score (nSPS) is 16.7. The fraction of sp³-hybridized carbons (Fsp3) is 0.385. The van der Waals surface area contributed by atoms with Crippen molar-refractivity contribution < 1.29 is 14.3 Å². The maximum absolute atomic E-state index is 13.4. The van der Waals surface area contributed by atoms with Crippen LogP contribution in [0.2, 0.25) is 0 Å². The smallest absolute Gasteiger partial charge is 0.192 e. The minimum Gasteiger partial charge on any atom is -0.376 e. The topological polar surface area (TPSA) is 106 Å². The first-order valence-corrected chi connectivity index (χ1v) is 12.7. The minimum absolute atomic E-state index is 0.0460. The van der Waals surface area contributed by atoms with E-state index in [2.05, 4.69) is 30.8 Å². The highest BCUT2D eigenvalue weighted by Crippen LogP contribution is 2.33. The molecule has 1 aliphatic rings. The zero-order valence-corrected chi connectivity index (χ0v) is 21.2. The van der Waals surface area contributed by atoms with Gasteiger partial charge in [0.2, 0.25) is 0 Å². The van der Waals surface area contributed by atoms with E-state index in [0.29, 0.717) is 28.5 Å². The van der Waals surface area contributed by atoms with Crippen molar-refractivity contribution in [1.82, 2.24) is 24.7 Å². The Morgan fingerprint density at radius 3 is 2.77 bits per heavy atom. The van der Waals surface area contributed by atoms with Crippen LogP contribution in [0.5, 0.6) is 0 Å². The first-order chi connectivity index (χ1) is 16.8. The first kappa shape index (κ1) is 23.6. The number of benzene rings is 1. The summed E-state index contributed by atoms with van der Waals surface area (Å²) in [5, 5.41) is 10.4. The number of aromatic nitrogens is 5. The predicted octanol–water partition coefficient (Wildman–Crippen LogP) is 5.12. The molecule has 1 aromatic carbocycles. The number of aryl methyl sites for hydroxylation is 1. The zero-order valence-electron chi connectivity index (χ0n) is 20.3. The van der Waals surface area contributed by atoms with Gasteiger partial charge in [0.1, 0.15) is 0 Å². The Morgan fingerprint density at radius 2 is 2.06 bits per heavy atom. The Hall–Kier alpha value is -3.17. The number of nitrogens with one attached hydrogen (secondary N) is 2. The molecule has 9 heteroatoms. The third-order valence-electron chi connectivity index (χ3n) is 6.64. The highest BCUT2D eigenvalue weighted by atomic mass is 32.2. The SMILES string of the molecule is CC(=O)c1c(C)[nH]c(C(=O)C(C)Sc2nnc(-c3c[nH]c4ccccc34)n2CC2CCCO2)c1C. The Kier molecular flexibility index (Phi) is 6.37. The Morgan fingerprint density at radius 1 is 1.26 bits per heavy atom. The van der Waals surface area contributed by atoms with Gasteiger partial charge < -0.3 is 14.7 Å². The van der Waals surface area contributed by atoms with Crippen LogP contribution in [0.4, 0.5) is 0 Å². The van der Waals surface area contributed by atoms with E-state index in [1.165, 1.54) is 18.7 Å². The molecule has 3 aromatic heterocycles. The fourth-order valence-electron chi connectivity index (χ4n) is 4.93. The first-order valence-electron chi connectivity index (χ1n) is 11.9. The number of H-pyrrole nitrogens is 2. The van der Waals surface area contributed by atoms with Crippen molar-refractivity contribution in [2.45, 2.75) is 63.6 Å². The monoisotopic (exact) mass is 491 g/mol. The summed E-state index contributed by atoms with van der Waals surface area (Å²) in [7, 11) is 0. The van der Waals surface area contributed by atoms with Gasteiger partial charge in [-0.1, -0.05) is 30.0 Å². The molecule has 0 spiro atoms. The van der Waals surface area contributed by atoms with Crippen LogP contribution < -0.4 is 0 Å². The van der Waals surface area contributed by atoms with Gasteiger partial charge in [0.15, 0.2) is 22.5 Å². The van der Waals surface area contributed by atoms with E-state index in [0.717, 1.165) is 47.4 Å². The number of aromatic amines is 2. The summed E-state index contributed by atoms with van der Waals surface area (Å²) in [6.07, 6.45) is 4.07. The molecular weight excluding hydrogens is 462 g/mol. The second-order valence-electron chi connectivity index (χ2n) is 9.11. The third kappa shape index (κ3) is 4.34. The molecular formula is C26H29N5O3S. The number of thioether (sulfide) groups is 1. The summed E-state index contributed by atoms with van der Waals surface area (Å²) in [5.74, 6) is 0.643. The molecule has 2 N–H and O–H groups in total. The van der Waals surface area contributed by atoms with E-state index in [-0.39, 0.29) is 17.7 Å². The van der Waals surface area contributed by atoms with Crippen molar-refractivity contribution in [3.63, 3.8) is 0 Å². The number of hydrogen-bond donors (Lipinski definition) is 2. The number of carbonyl (C=O) groups is 2. The molecule has 4 aromatic rings. The fourth-order valence-corrected chi connectivity index (χ4v) is 5.84. The van der Waals surface area contributed by atoms with E-state index in [1.54, 1.807) is 0 Å². The van der Waals surface area contributed by atoms with Crippen molar-refractivity contribution >= 4 is 34.2 Å². The van der Waals surface area contributed by atoms with Crippen molar-refractivity contribution in [3.8, 4) is 11.4 Å². The second-order valence-corrected chi connectivity index (χ2v) is 10.4. The highest BCUT2D eigenvalue weighted by Gasteiger charge is 2.28. The van der Waals surface area contributed by atoms with Gasteiger partial charge in [0, 0.05) is 40.5 Å². The molecule has 4 heterocycles. The lowest BCUT2D eigenvalue weighted by Gasteiger charge is -2.16. The number of ether oxygens (including phenoxy) is 1. The molecule has 1 aliphatic heterocycles. The van der Waals surface area contributed by atoms with Crippen molar-refractivity contribution in [1.29, 1.82) is 0 Å². The van der Waals surface area contributed by atoms with Crippen LogP contribution >= 0.6 is 11.8 Å². The second kappa shape index (κ2) is 9.47. The van der Waals surface area contributed by atoms with E-state index < -0.39 is 5.25 Å². The van der Waals surface area contributed by atoms with Crippen molar-refractivity contribution in [2.75, 3.05) is 6.61 Å². The van der Waals surface area contributed by atoms with Gasteiger partial charge in [0.25, 0.3) is 0 Å². The van der Waals surface area contributed by atoms with Crippen LogP contribution in [-0.4, -0.2) is 54.3 Å². The average molecular weight is 492 g/mol. The summed E-state index contributed by atoms with van der Waals surface area (Å²) in [4.78, 5) is 31.8. The van der Waals surface area contributed by atoms with Gasteiger partial charge in [-0.25, -0.2) is 0 Å². The van der Waals surface area contributed by atoms with Crippen LogP contribution in [0, 0.1) is 13.8 Å². The summed E-state index contributed by atoms with van der Waals surface area (Å²) in [6.45, 7) is 8.42. The number of fused-ring (bicyclic) bond motifs is 1. The number of hydrogen-bond acceptors (Lipinski definition) is 6. The number of para-hydroxylation sites is 1. The van der Waals surface area contributed by atoms with Gasteiger partial charge in [-0.2, -0.15) is 0 Å². The van der Waals surface area contributed by atoms with Crippen molar-refractivity contribution in [3.05, 3.63) is 53.0 Å². The van der Waals surface area contributed by atoms with Crippen LogP contribution in [0.25, 0.3) is 22.3 Å². The maximum Gasteiger partial charge on any atom is 0.192 e. The van der Waals surface area contributed by atoms with Gasteiger partial charge in [0.05, 0.1) is 23.6 Å². The highest BCUT2D eigenvalue weighted by molar-refractivity contribution is 8.00. The lowest BCUT2D eigenvalue weighted by atomic mass is 10.0. The Balaban J connectivity index is 1.48. The predicted molar refractivity (Wildman–Crippen MR) is 136 cm³/mol. The number of rotatable bonds is 8. The molecule has 1 saturated heterocycles. The van der Waals surface area contributed by atoms with Gasteiger partial charge in [-0.3, -0.25) is 14.2 Å². The lowest BCUT2D eigenvalue weighted by Crippen LogP contribution is -2.19. The summed E-state index contributed by atoms with van der Waals surface area (Å²) >= 11 is 1.38. The van der Waals surface area contributed by atoms with Crippen LogP contribution in [0.3, 0.4) is 0 Å².